The van der Waals surface area contributed by atoms with Crippen molar-refractivity contribution in [3.63, 3.8) is 0 Å². The fourth-order valence-corrected chi connectivity index (χ4v) is 2.06. The minimum Gasteiger partial charge on any atom is -0.492 e. The van der Waals surface area contributed by atoms with Crippen LogP contribution in [0.25, 0.3) is 0 Å². The van der Waals surface area contributed by atoms with Crippen LogP contribution >= 0.6 is 0 Å². The molecule has 1 amide bonds. The first-order chi connectivity index (χ1) is 9.11. The molecule has 5 heteroatoms. The van der Waals surface area contributed by atoms with E-state index in [4.69, 9.17) is 4.74 Å². The van der Waals surface area contributed by atoms with E-state index in [2.05, 4.69) is 10.1 Å². The summed E-state index contributed by atoms with van der Waals surface area (Å²) in [5.41, 5.74) is 1.01. The molecular formula is C14H17NO4. The number of benzene rings is 1. The Hall–Kier alpha value is -2.04. The van der Waals surface area contributed by atoms with Crippen LogP contribution in [0, 0.1) is 5.92 Å². The third kappa shape index (κ3) is 3.05. The lowest BCUT2D eigenvalue weighted by Gasteiger charge is -2.25. The van der Waals surface area contributed by atoms with Crippen LogP contribution in [0.4, 0.5) is 0 Å². The van der Waals surface area contributed by atoms with Crippen LogP contribution in [0.1, 0.15) is 12.5 Å². The van der Waals surface area contributed by atoms with Gasteiger partial charge in [-0.25, -0.2) is 4.79 Å². The number of amides is 1. The zero-order valence-electron chi connectivity index (χ0n) is 11.0. The third-order valence-electron chi connectivity index (χ3n) is 3.16. The van der Waals surface area contributed by atoms with Crippen LogP contribution in [0.5, 0.6) is 5.75 Å². The second-order valence-corrected chi connectivity index (χ2v) is 4.57. The molecule has 1 heterocycles. The van der Waals surface area contributed by atoms with Crippen LogP contribution in [0.2, 0.25) is 0 Å². The maximum absolute atomic E-state index is 12.0. The maximum atomic E-state index is 12.0. The number of hydrogen-bond donors (Lipinski definition) is 1. The molecule has 2 atom stereocenters. The number of methoxy groups -OCH3 is 1. The van der Waals surface area contributed by atoms with Crippen LogP contribution < -0.4 is 10.1 Å². The van der Waals surface area contributed by atoms with E-state index < -0.39 is 12.0 Å². The molecule has 0 saturated heterocycles. The number of nitrogens with one attached hydrogen (secondary N) is 1. The van der Waals surface area contributed by atoms with Gasteiger partial charge in [-0.05, 0) is 25.0 Å². The summed E-state index contributed by atoms with van der Waals surface area (Å²) >= 11 is 0. The third-order valence-corrected chi connectivity index (χ3v) is 3.16. The first kappa shape index (κ1) is 13.4. The van der Waals surface area contributed by atoms with Gasteiger partial charge in [0, 0.05) is 0 Å². The number of para-hydroxylation sites is 1. The summed E-state index contributed by atoms with van der Waals surface area (Å²) in [6.45, 7) is 1.93. The van der Waals surface area contributed by atoms with Crippen molar-refractivity contribution in [3.8, 4) is 5.75 Å². The van der Waals surface area contributed by atoms with Gasteiger partial charge in [0.1, 0.15) is 18.4 Å². The molecule has 0 fully saturated rings. The Morgan fingerprint density at radius 2 is 2.16 bits per heavy atom. The number of esters is 1. The Labute approximate surface area is 111 Å². The van der Waals surface area contributed by atoms with Gasteiger partial charge in [0.25, 0.3) is 0 Å². The van der Waals surface area contributed by atoms with Gasteiger partial charge in [-0.3, -0.25) is 4.79 Å². The van der Waals surface area contributed by atoms with E-state index in [0.717, 1.165) is 11.3 Å². The number of ether oxygens (including phenoxy) is 2. The van der Waals surface area contributed by atoms with E-state index in [0.29, 0.717) is 13.0 Å². The van der Waals surface area contributed by atoms with E-state index in [1.165, 1.54) is 7.11 Å². The summed E-state index contributed by atoms with van der Waals surface area (Å²) in [5.74, 6) is -0.0903. The lowest BCUT2D eigenvalue weighted by molar-refractivity contribution is -0.145. The van der Waals surface area contributed by atoms with E-state index in [-0.39, 0.29) is 11.8 Å². The molecule has 2 rings (SSSR count). The predicted molar refractivity (Wildman–Crippen MR) is 68.8 cm³/mol. The second kappa shape index (κ2) is 5.73. The Bertz CT molecular complexity index is 486. The fraction of sp³-hybridized carbons (Fsp3) is 0.429. The number of hydrogen-bond acceptors (Lipinski definition) is 4. The fourth-order valence-electron chi connectivity index (χ4n) is 2.06. The molecule has 0 saturated carbocycles. The summed E-state index contributed by atoms with van der Waals surface area (Å²) in [6.07, 6.45) is 0.621. The van der Waals surface area contributed by atoms with Gasteiger partial charge in [0.15, 0.2) is 0 Å². The molecule has 1 aliphatic rings. The first-order valence-corrected chi connectivity index (χ1v) is 6.20. The second-order valence-electron chi connectivity index (χ2n) is 4.57. The number of rotatable bonds is 3. The largest absolute Gasteiger partial charge is 0.492 e. The van der Waals surface area contributed by atoms with E-state index in [1.54, 1.807) is 6.92 Å². The van der Waals surface area contributed by atoms with Gasteiger partial charge in [0.05, 0.1) is 13.0 Å². The average molecular weight is 263 g/mol. The zero-order chi connectivity index (χ0) is 13.8. The highest BCUT2D eigenvalue weighted by Crippen LogP contribution is 2.26. The van der Waals surface area contributed by atoms with Crippen LogP contribution in [0.3, 0.4) is 0 Å². The summed E-state index contributed by atoms with van der Waals surface area (Å²) in [5, 5.41) is 2.64. The molecule has 1 aromatic carbocycles. The topological polar surface area (TPSA) is 64.6 Å². The molecular weight excluding hydrogens is 246 g/mol. The Morgan fingerprint density at radius 1 is 1.42 bits per heavy atom. The molecule has 1 aromatic rings. The molecule has 0 aromatic heterocycles. The van der Waals surface area contributed by atoms with Gasteiger partial charge in [-0.2, -0.15) is 0 Å². The van der Waals surface area contributed by atoms with Crippen molar-refractivity contribution in [1.82, 2.24) is 5.32 Å². The molecule has 1 aliphatic heterocycles. The lowest BCUT2D eigenvalue weighted by Crippen LogP contribution is -2.45. The van der Waals surface area contributed by atoms with Crippen molar-refractivity contribution in [2.75, 3.05) is 13.7 Å². The summed E-state index contributed by atoms with van der Waals surface area (Å²) in [4.78, 5) is 23.3. The first-order valence-electron chi connectivity index (χ1n) is 6.20. The molecule has 0 aliphatic carbocycles. The SMILES string of the molecule is COC(=O)C(C)NC(=O)C1COc2ccccc2C1. The van der Waals surface area contributed by atoms with E-state index >= 15 is 0 Å². The number of carbonyl (C=O) groups excluding carboxylic acids is 2. The zero-order valence-corrected chi connectivity index (χ0v) is 11.0. The van der Waals surface area contributed by atoms with Crippen LogP contribution in [-0.4, -0.2) is 31.6 Å². The van der Waals surface area contributed by atoms with Gasteiger partial charge >= 0.3 is 5.97 Å². The quantitative estimate of drug-likeness (QED) is 0.823. The summed E-state index contributed by atoms with van der Waals surface area (Å²) in [7, 11) is 1.30. The van der Waals surface area contributed by atoms with E-state index in [9.17, 15) is 9.59 Å². The highest BCUT2D eigenvalue weighted by Gasteiger charge is 2.27. The normalized spacial score (nSPS) is 18.7. The Balaban J connectivity index is 1.97. The molecule has 0 spiro atoms. The number of fused-ring (bicyclic) bond motifs is 1. The molecule has 0 bridgehead atoms. The van der Waals surface area contributed by atoms with Crippen LogP contribution in [-0.2, 0) is 20.7 Å². The van der Waals surface area contributed by atoms with Gasteiger partial charge in [0.2, 0.25) is 5.91 Å². The summed E-state index contributed by atoms with van der Waals surface area (Å²) < 4.78 is 10.1. The molecule has 19 heavy (non-hydrogen) atoms. The van der Waals surface area contributed by atoms with Crippen molar-refractivity contribution in [2.24, 2.45) is 5.92 Å². The van der Waals surface area contributed by atoms with Crippen molar-refractivity contribution in [3.05, 3.63) is 29.8 Å². The summed E-state index contributed by atoms with van der Waals surface area (Å²) in [6, 6.07) is 7.01. The van der Waals surface area contributed by atoms with E-state index in [1.807, 2.05) is 24.3 Å². The highest BCUT2D eigenvalue weighted by molar-refractivity contribution is 5.85. The monoisotopic (exact) mass is 263 g/mol. The van der Waals surface area contributed by atoms with Gasteiger partial charge in [-0.1, -0.05) is 18.2 Å². The van der Waals surface area contributed by atoms with Gasteiger partial charge in [-0.15, -0.1) is 0 Å². The maximum Gasteiger partial charge on any atom is 0.328 e. The average Bonchev–Trinajstić information content (AvgIpc) is 2.45. The molecule has 102 valence electrons. The Kier molecular flexibility index (Phi) is 4.04. The lowest BCUT2D eigenvalue weighted by atomic mass is 9.96. The van der Waals surface area contributed by atoms with Crippen LogP contribution in [0.15, 0.2) is 24.3 Å². The van der Waals surface area contributed by atoms with Crippen molar-refractivity contribution in [2.45, 2.75) is 19.4 Å². The van der Waals surface area contributed by atoms with Gasteiger partial charge < -0.3 is 14.8 Å². The minimum absolute atomic E-state index is 0.188. The molecule has 0 radical (unpaired) electrons. The van der Waals surface area contributed by atoms with Crippen molar-refractivity contribution < 1.29 is 19.1 Å². The van der Waals surface area contributed by atoms with Crippen molar-refractivity contribution in [1.29, 1.82) is 0 Å². The predicted octanol–water partition coefficient (Wildman–Crippen LogP) is 0.915. The molecule has 2 unspecified atom stereocenters. The molecule has 5 nitrogen and oxygen atoms in total. The Morgan fingerprint density at radius 3 is 2.89 bits per heavy atom. The number of carbonyl (C=O) groups is 2. The molecule has 1 N–H and O–H groups in total. The highest BCUT2D eigenvalue weighted by atomic mass is 16.5. The standard InChI is InChI=1S/C14H17NO4/c1-9(14(17)18-2)15-13(16)11-7-10-5-3-4-6-12(10)19-8-11/h3-6,9,11H,7-8H2,1-2H3,(H,15,16). The van der Waals surface area contributed by atoms with Crippen molar-refractivity contribution >= 4 is 11.9 Å². The smallest absolute Gasteiger partial charge is 0.328 e. The minimum atomic E-state index is -0.644.